The van der Waals surface area contributed by atoms with Crippen LogP contribution in [0.2, 0.25) is 0 Å². The van der Waals surface area contributed by atoms with Gasteiger partial charge in [-0.2, -0.15) is 5.26 Å². The molecule has 0 N–H and O–H groups in total. The van der Waals surface area contributed by atoms with Gasteiger partial charge in [-0.15, -0.1) is 0 Å². The van der Waals surface area contributed by atoms with Crippen LogP contribution in [0.4, 0.5) is 0 Å². The average Bonchev–Trinajstić information content (AvgIpc) is 3.68. The van der Waals surface area contributed by atoms with Gasteiger partial charge in [-0.05, 0) is 54.6 Å². The SMILES string of the molecule is N#Cc1cccc(-c2nc(-c3ccccc3)nc(-c3ccc(-n4c5ccccc5c5ccc6c7ccccc7oc6c54)cc3)n2)c1. The first kappa shape index (κ1) is 25.9. The zero-order chi connectivity index (χ0) is 30.6. The minimum atomic E-state index is 0.514. The number of para-hydroxylation sites is 2. The van der Waals surface area contributed by atoms with Gasteiger partial charge in [-0.3, -0.25) is 0 Å². The maximum absolute atomic E-state index is 9.49. The highest BCUT2D eigenvalue weighted by Gasteiger charge is 2.19. The van der Waals surface area contributed by atoms with Gasteiger partial charge in [0.25, 0.3) is 0 Å². The molecule has 0 amide bonds. The third kappa shape index (κ3) is 4.07. The second-order valence-electron chi connectivity index (χ2n) is 11.2. The molecule has 0 radical (unpaired) electrons. The molecule has 0 bridgehead atoms. The van der Waals surface area contributed by atoms with Crippen LogP contribution in [0.3, 0.4) is 0 Å². The van der Waals surface area contributed by atoms with Crippen LogP contribution in [0.1, 0.15) is 5.56 Å². The fraction of sp³-hybridized carbons (Fsp3) is 0. The summed E-state index contributed by atoms with van der Waals surface area (Å²) in [5.41, 5.74) is 7.94. The predicted molar refractivity (Wildman–Crippen MR) is 182 cm³/mol. The van der Waals surface area contributed by atoms with E-state index in [1.807, 2.05) is 72.8 Å². The number of rotatable bonds is 4. The molecule has 6 aromatic carbocycles. The quantitative estimate of drug-likeness (QED) is 0.204. The van der Waals surface area contributed by atoms with Crippen LogP contribution < -0.4 is 0 Å². The van der Waals surface area contributed by atoms with Gasteiger partial charge in [-0.25, -0.2) is 15.0 Å². The van der Waals surface area contributed by atoms with Crippen molar-refractivity contribution >= 4 is 43.7 Å². The molecule has 3 aromatic heterocycles. The van der Waals surface area contributed by atoms with E-state index in [2.05, 4.69) is 65.2 Å². The van der Waals surface area contributed by atoms with E-state index in [9.17, 15) is 5.26 Å². The number of aromatic nitrogens is 4. The second-order valence-corrected chi connectivity index (χ2v) is 11.2. The number of nitriles is 1. The van der Waals surface area contributed by atoms with Crippen LogP contribution >= 0.6 is 0 Å². The highest BCUT2D eigenvalue weighted by molar-refractivity contribution is 6.21. The van der Waals surface area contributed by atoms with Gasteiger partial charge in [0.1, 0.15) is 5.58 Å². The number of hydrogen-bond acceptors (Lipinski definition) is 5. The van der Waals surface area contributed by atoms with E-state index in [1.165, 1.54) is 0 Å². The lowest BCUT2D eigenvalue weighted by atomic mass is 10.1. The van der Waals surface area contributed by atoms with E-state index in [-0.39, 0.29) is 0 Å². The summed E-state index contributed by atoms with van der Waals surface area (Å²) in [6, 6.07) is 48.7. The molecule has 9 rings (SSSR count). The zero-order valence-corrected chi connectivity index (χ0v) is 24.4. The molecule has 6 nitrogen and oxygen atoms in total. The Balaban J connectivity index is 1.23. The van der Waals surface area contributed by atoms with Crippen LogP contribution in [0.25, 0.3) is 83.6 Å². The molecule has 0 unspecified atom stereocenters. The first-order chi connectivity index (χ1) is 22.7. The Morgan fingerprint density at radius 2 is 1.15 bits per heavy atom. The van der Waals surface area contributed by atoms with Gasteiger partial charge in [-0.1, -0.05) is 84.9 Å². The lowest BCUT2D eigenvalue weighted by Gasteiger charge is -2.11. The standard InChI is InChI=1S/C40H23N5O/c41-24-25-9-8-12-28(23-25)40-43-38(26-10-2-1-3-11-26)42-39(44-40)27-17-19-29(20-18-27)45-34-15-6-4-13-30(34)32-21-22-33-31-14-5-7-16-35(31)46-37(33)36(32)45/h1-23H. The van der Waals surface area contributed by atoms with Crippen LogP contribution in [-0.4, -0.2) is 19.5 Å². The highest BCUT2D eigenvalue weighted by Crippen LogP contribution is 2.40. The summed E-state index contributed by atoms with van der Waals surface area (Å²) in [6.07, 6.45) is 0. The second kappa shape index (κ2) is 10.3. The lowest BCUT2D eigenvalue weighted by molar-refractivity contribution is 0.671. The summed E-state index contributed by atoms with van der Waals surface area (Å²) in [5, 5.41) is 14.0. The van der Waals surface area contributed by atoms with E-state index in [4.69, 9.17) is 19.4 Å². The van der Waals surface area contributed by atoms with Gasteiger partial charge in [0.2, 0.25) is 0 Å². The zero-order valence-electron chi connectivity index (χ0n) is 24.4. The van der Waals surface area contributed by atoms with Gasteiger partial charge in [0.15, 0.2) is 23.1 Å². The van der Waals surface area contributed by atoms with Crippen molar-refractivity contribution in [2.75, 3.05) is 0 Å². The first-order valence-corrected chi connectivity index (χ1v) is 15.0. The summed E-state index contributed by atoms with van der Waals surface area (Å²) in [4.78, 5) is 14.6. The number of fused-ring (bicyclic) bond motifs is 7. The Kier molecular flexibility index (Phi) is 5.77. The van der Waals surface area contributed by atoms with Gasteiger partial charge >= 0.3 is 0 Å². The highest BCUT2D eigenvalue weighted by atomic mass is 16.3. The van der Waals surface area contributed by atoms with Crippen molar-refractivity contribution in [1.82, 2.24) is 19.5 Å². The molecule has 0 aliphatic rings. The minimum Gasteiger partial charge on any atom is -0.454 e. The average molecular weight is 590 g/mol. The Morgan fingerprint density at radius 3 is 1.93 bits per heavy atom. The molecule has 0 spiro atoms. The van der Waals surface area contributed by atoms with Crippen molar-refractivity contribution in [2.24, 2.45) is 0 Å². The molecule has 0 atom stereocenters. The topological polar surface area (TPSA) is 80.5 Å². The molecule has 9 aromatic rings. The number of furan rings is 1. The summed E-state index contributed by atoms with van der Waals surface area (Å²) in [5.74, 6) is 1.64. The summed E-state index contributed by atoms with van der Waals surface area (Å²) in [7, 11) is 0. The molecule has 0 aliphatic heterocycles. The first-order valence-electron chi connectivity index (χ1n) is 15.0. The smallest absolute Gasteiger partial charge is 0.164 e. The minimum absolute atomic E-state index is 0.514. The molecule has 46 heavy (non-hydrogen) atoms. The van der Waals surface area contributed by atoms with E-state index < -0.39 is 0 Å². The number of nitrogens with zero attached hydrogens (tertiary/aromatic N) is 5. The van der Waals surface area contributed by atoms with Crippen LogP contribution in [-0.2, 0) is 0 Å². The molecule has 0 fully saturated rings. The maximum atomic E-state index is 9.49. The molecule has 3 heterocycles. The van der Waals surface area contributed by atoms with E-state index in [0.29, 0.717) is 23.0 Å². The summed E-state index contributed by atoms with van der Waals surface area (Å²) < 4.78 is 8.79. The normalized spacial score (nSPS) is 11.5. The van der Waals surface area contributed by atoms with Crippen molar-refractivity contribution in [2.45, 2.75) is 0 Å². The van der Waals surface area contributed by atoms with Crippen LogP contribution in [0, 0.1) is 11.3 Å². The van der Waals surface area contributed by atoms with Crippen LogP contribution in [0.5, 0.6) is 0 Å². The van der Waals surface area contributed by atoms with Gasteiger partial charge in [0.05, 0.1) is 22.7 Å². The van der Waals surface area contributed by atoms with Crippen molar-refractivity contribution in [1.29, 1.82) is 5.26 Å². The van der Waals surface area contributed by atoms with Crippen molar-refractivity contribution in [3.63, 3.8) is 0 Å². The van der Waals surface area contributed by atoms with Gasteiger partial charge < -0.3 is 8.98 Å². The van der Waals surface area contributed by atoms with Crippen molar-refractivity contribution in [3.8, 4) is 45.9 Å². The fourth-order valence-corrected chi connectivity index (χ4v) is 6.34. The maximum Gasteiger partial charge on any atom is 0.164 e. The Labute approximate surface area is 263 Å². The summed E-state index contributed by atoms with van der Waals surface area (Å²) >= 11 is 0. The van der Waals surface area contributed by atoms with Gasteiger partial charge in [0, 0.05) is 43.9 Å². The third-order valence-electron chi connectivity index (χ3n) is 8.48. The Bertz CT molecular complexity index is 2640. The van der Waals surface area contributed by atoms with E-state index in [0.717, 1.165) is 66.1 Å². The summed E-state index contributed by atoms with van der Waals surface area (Å²) in [6.45, 7) is 0. The van der Waals surface area contributed by atoms with Crippen molar-refractivity contribution in [3.05, 3.63) is 145 Å². The molecular weight excluding hydrogens is 566 g/mol. The molecular formula is C40H23N5O. The predicted octanol–water partition coefficient (Wildman–Crippen LogP) is 9.74. The molecule has 214 valence electrons. The van der Waals surface area contributed by atoms with E-state index >= 15 is 0 Å². The third-order valence-corrected chi connectivity index (χ3v) is 8.48. The molecule has 0 saturated carbocycles. The number of hydrogen-bond donors (Lipinski definition) is 0. The monoisotopic (exact) mass is 589 g/mol. The van der Waals surface area contributed by atoms with E-state index in [1.54, 1.807) is 12.1 Å². The number of benzene rings is 6. The largest absolute Gasteiger partial charge is 0.454 e. The lowest BCUT2D eigenvalue weighted by Crippen LogP contribution is -2.00. The Morgan fingerprint density at radius 1 is 0.522 bits per heavy atom. The van der Waals surface area contributed by atoms with Crippen LogP contribution in [0.15, 0.2) is 144 Å². The fourth-order valence-electron chi connectivity index (χ4n) is 6.34. The Hall–Kier alpha value is -6.58. The van der Waals surface area contributed by atoms with Crippen molar-refractivity contribution < 1.29 is 4.42 Å². The molecule has 0 saturated heterocycles. The molecule has 6 heteroatoms. The molecule has 0 aliphatic carbocycles.